The molecule has 1 heterocycles. The molecule has 0 atom stereocenters. The number of hydrogen-bond donors (Lipinski definition) is 0. The van der Waals surface area contributed by atoms with E-state index in [1.54, 1.807) is 0 Å². The molecule has 16 heavy (non-hydrogen) atoms. The second-order valence-electron chi connectivity index (χ2n) is 3.37. The lowest BCUT2D eigenvalue weighted by Gasteiger charge is -2.22. The van der Waals surface area contributed by atoms with Crippen molar-refractivity contribution in [3.63, 3.8) is 0 Å². The van der Waals surface area contributed by atoms with Gasteiger partial charge in [-0.1, -0.05) is 6.92 Å². The third-order valence-corrected chi connectivity index (χ3v) is 1.83. The highest BCUT2D eigenvalue weighted by molar-refractivity contribution is 5.91. The minimum atomic E-state index is -0.611. The Bertz CT molecular complexity index is 233. The third-order valence-electron chi connectivity index (χ3n) is 1.83. The van der Waals surface area contributed by atoms with E-state index in [2.05, 4.69) is 0 Å². The molecule has 1 aliphatic heterocycles. The van der Waals surface area contributed by atoms with Crippen LogP contribution in [-0.4, -0.2) is 44.7 Å². The number of carbonyl (C=O) groups is 2. The molecule has 0 amide bonds. The minimum absolute atomic E-state index is 0.215. The predicted octanol–water partition coefficient (Wildman–Crippen LogP) is 0.246. The molecule has 0 saturated carbocycles. The van der Waals surface area contributed by atoms with Gasteiger partial charge in [0.25, 0.3) is 0 Å². The van der Waals surface area contributed by atoms with Gasteiger partial charge in [-0.3, -0.25) is 9.59 Å². The van der Waals surface area contributed by atoms with E-state index in [0.29, 0.717) is 19.8 Å². The summed E-state index contributed by atoms with van der Waals surface area (Å²) in [7, 11) is 0. The Morgan fingerprint density at radius 1 is 1.25 bits per heavy atom. The second kappa shape index (κ2) is 7.19. The van der Waals surface area contributed by atoms with Crippen molar-refractivity contribution in [3.8, 4) is 0 Å². The van der Waals surface area contributed by atoms with E-state index >= 15 is 0 Å². The quantitative estimate of drug-likeness (QED) is 0.499. The molecule has 0 spiro atoms. The normalized spacial score (nSPS) is 16.8. The summed E-state index contributed by atoms with van der Waals surface area (Å²) in [5, 5.41) is 0. The van der Waals surface area contributed by atoms with E-state index in [-0.39, 0.29) is 13.2 Å². The van der Waals surface area contributed by atoms with Crippen molar-refractivity contribution in [2.75, 3.05) is 26.6 Å². The summed E-state index contributed by atoms with van der Waals surface area (Å²) in [6, 6.07) is 0. The van der Waals surface area contributed by atoms with E-state index in [4.69, 9.17) is 18.9 Å². The van der Waals surface area contributed by atoms with Crippen LogP contribution in [0.2, 0.25) is 0 Å². The Morgan fingerprint density at radius 3 is 2.56 bits per heavy atom. The van der Waals surface area contributed by atoms with Crippen molar-refractivity contribution >= 4 is 11.9 Å². The molecule has 1 saturated heterocycles. The second-order valence-corrected chi connectivity index (χ2v) is 3.37. The maximum atomic E-state index is 11.3. The fourth-order valence-electron chi connectivity index (χ4n) is 1.15. The van der Waals surface area contributed by atoms with Gasteiger partial charge in [0.2, 0.25) is 0 Å². The van der Waals surface area contributed by atoms with Gasteiger partial charge in [-0.25, -0.2) is 0 Å². The first kappa shape index (κ1) is 12.9. The molecule has 0 N–H and O–H groups in total. The molecule has 0 aromatic rings. The fourth-order valence-corrected chi connectivity index (χ4v) is 1.15. The summed E-state index contributed by atoms with van der Waals surface area (Å²) in [5.41, 5.74) is 0. The largest absolute Gasteiger partial charge is 0.465 e. The summed E-state index contributed by atoms with van der Waals surface area (Å²) in [6.07, 6.45) is -0.0677. The molecular weight excluding hydrogens is 216 g/mol. The van der Waals surface area contributed by atoms with Crippen LogP contribution in [0.3, 0.4) is 0 Å². The van der Waals surface area contributed by atoms with Gasteiger partial charge in [-0.2, -0.15) is 0 Å². The van der Waals surface area contributed by atoms with Crippen molar-refractivity contribution < 1.29 is 28.5 Å². The summed E-state index contributed by atoms with van der Waals surface area (Å²) < 4.78 is 19.6. The summed E-state index contributed by atoms with van der Waals surface area (Å²) in [4.78, 5) is 22.3. The van der Waals surface area contributed by atoms with E-state index in [0.717, 1.165) is 6.42 Å². The number of carbonyl (C=O) groups excluding carboxylic acids is 2. The first-order valence-corrected chi connectivity index (χ1v) is 5.23. The van der Waals surface area contributed by atoms with E-state index in [1.165, 1.54) is 0 Å². The first-order chi connectivity index (χ1) is 7.72. The average Bonchev–Trinajstić information content (AvgIpc) is 2.27. The van der Waals surface area contributed by atoms with Gasteiger partial charge in [-0.15, -0.1) is 0 Å². The Labute approximate surface area is 93.8 Å². The van der Waals surface area contributed by atoms with Gasteiger partial charge in [0.1, 0.15) is 19.3 Å². The van der Waals surface area contributed by atoms with Crippen LogP contribution in [-0.2, 0) is 28.5 Å². The van der Waals surface area contributed by atoms with Crippen LogP contribution < -0.4 is 0 Å². The van der Waals surface area contributed by atoms with Crippen LogP contribution in [0.1, 0.15) is 19.8 Å². The van der Waals surface area contributed by atoms with Crippen LogP contribution in [0.4, 0.5) is 0 Å². The molecule has 6 heteroatoms. The highest BCUT2D eigenvalue weighted by atomic mass is 16.7. The first-order valence-electron chi connectivity index (χ1n) is 5.23. The van der Waals surface area contributed by atoms with Gasteiger partial charge in [-0.05, 0) is 6.42 Å². The maximum absolute atomic E-state index is 11.3. The monoisotopic (exact) mass is 232 g/mol. The van der Waals surface area contributed by atoms with Crippen LogP contribution >= 0.6 is 0 Å². The SMILES string of the molecule is CCCOC(=O)CC(=O)OC1COCOC1. The zero-order valence-electron chi connectivity index (χ0n) is 9.27. The summed E-state index contributed by atoms with van der Waals surface area (Å²) in [5.74, 6) is -1.18. The molecule has 1 aliphatic rings. The van der Waals surface area contributed by atoms with Gasteiger partial charge < -0.3 is 18.9 Å². The van der Waals surface area contributed by atoms with Gasteiger partial charge in [0.05, 0.1) is 19.8 Å². The molecule has 0 radical (unpaired) electrons. The van der Waals surface area contributed by atoms with Gasteiger partial charge in [0.15, 0.2) is 0 Å². The van der Waals surface area contributed by atoms with Crippen molar-refractivity contribution in [3.05, 3.63) is 0 Å². The van der Waals surface area contributed by atoms with Crippen LogP contribution in [0.25, 0.3) is 0 Å². The lowest BCUT2D eigenvalue weighted by molar-refractivity contribution is -0.184. The van der Waals surface area contributed by atoms with Crippen molar-refractivity contribution in [1.29, 1.82) is 0 Å². The molecule has 0 bridgehead atoms. The summed E-state index contributed by atoms with van der Waals surface area (Å²) >= 11 is 0. The number of hydrogen-bond acceptors (Lipinski definition) is 6. The average molecular weight is 232 g/mol. The molecule has 6 nitrogen and oxygen atoms in total. The van der Waals surface area contributed by atoms with Crippen molar-refractivity contribution in [2.24, 2.45) is 0 Å². The van der Waals surface area contributed by atoms with E-state index in [1.807, 2.05) is 6.92 Å². The van der Waals surface area contributed by atoms with E-state index < -0.39 is 18.0 Å². The van der Waals surface area contributed by atoms with Gasteiger partial charge >= 0.3 is 11.9 Å². The molecule has 0 aromatic carbocycles. The zero-order valence-corrected chi connectivity index (χ0v) is 9.27. The molecule has 0 aromatic heterocycles. The Morgan fingerprint density at radius 2 is 1.94 bits per heavy atom. The minimum Gasteiger partial charge on any atom is -0.465 e. The Kier molecular flexibility index (Phi) is 5.81. The molecule has 0 aliphatic carbocycles. The maximum Gasteiger partial charge on any atom is 0.317 e. The smallest absolute Gasteiger partial charge is 0.317 e. The van der Waals surface area contributed by atoms with Crippen LogP contribution in [0, 0.1) is 0 Å². The fraction of sp³-hybridized carbons (Fsp3) is 0.800. The lowest BCUT2D eigenvalue weighted by atomic mass is 10.3. The highest BCUT2D eigenvalue weighted by Gasteiger charge is 2.20. The molecule has 1 rings (SSSR count). The molecular formula is C10H16O6. The standard InChI is InChI=1S/C10H16O6/c1-2-3-15-9(11)4-10(12)16-8-5-13-7-14-6-8/h8H,2-7H2,1H3. The zero-order chi connectivity index (χ0) is 11.8. The number of ether oxygens (including phenoxy) is 4. The van der Waals surface area contributed by atoms with Crippen LogP contribution in [0.15, 0.2) is 0 Å². The summed E-state index contributed by atoms with van der Waals surface area (Å²) in [6.45, 7) is 3.02. The predicted molar refractivity (Wildman–Crippen MR) is 52.5 cm³/mol. The number of rotatable bonds is 5. The lowest BCUT2D eigenvalue weighted by Crippen LogP contribution is -2.34. The highest BCUT2D eigenvalue weighted by Crippen LogP contribution is 2.03. The number of esters is 2. The van der Waals surface area contributed by atoms with Crippen LogP contribution in [0.5, 0.6) is 0 Å². The van der Waals surface area contributed by atoms with Crippen molar-refractivity contribution in [1.82, 2.24) is 0 Å². The van der Waals surface area contributed by atoms with E-state index in [9.17, 15) is 9.59 Å². The molecule has 92 valence electrons. The Balaban J connectivity index is 2.16. The Hall–Kier alpha value is -1.14. The van der Waals surface area contributed by atoms with Crippen molar-refractivity contribution in [2.45, 2.75) is 25.9 Å². The topological polar surface area (TPSA) is 71.1 Å². The van der Waals surface area contributed by atoms with Gasteiger partial charge in [0, 0.05) is 0 Å². The third kappa shape index (κ3) is 5.09. The molecule has 1 fully saturated rings. The molecule has 0 unspecified atom stereocenters.